The van der Waals surface area contributed by atoms with Crippen LogP contribution >= 0.6 is 0 Å². The Morgan fingerprint density at radius 3 is 1.29 bits per heavy atom. The van der Waals surface area contributed by atoms with Gasteiger partial charge in [0, 0.05) is 49.7 Å². The van der Waals surface area contributed by atoms with E-state index in [-0.39, 0.29) is 0 Å². The van der Waals surface area contributed by atoms with Crippen LogP contribution in [0.5, 0.6) is 11.5 Å². The van der Waals surface area contributed by atoms with Gasteiger partial charge in [-0.2, -0.15) is 0 Å². The molecule has 164 valence electrons. The van der Waals surface area contributed by atoms with E-state index in [2.05, 4.69) is 34.1 Å². The fourth-order valence-electron chi connectivity index (χ4n) is 3.87. The number of anilines is 2. The monoisotopic (exact) mass is 424 g/mol. The minimum atomic E-state index is 0.330. The van der Waals surface area contributed by atoms with Gasteiger partial charge in [0.1, 0.15) is 11.5 Å². The van der Waals surface area contributed by atoms with Crippen molar-refractivity contribution in [2.75, 3.05) is 62.4 Å². The van der Waals surface area contributed by atoms with Crippen LogP contribution in [0.15, 0.2) is 48.5 Å². The van der Waals surface area contributed by atoms with Gasteiger partial charge in [-0.05, 0) is 24.3 Å². The normalized spacial score (nSPS) is 27.5. The molecule has 4 fully saturated rings. The third kappa shape index (κ3) is 5.49. The Hall–Kier alpha value is -2.32. The Morgan fingerprint density at radius 1 is 0.613 bits per heavy atom. The highest BCUT2D eigenvalue weighted by Gasteiger charge is 2.32. The van der Waals surface area contributed by atoms with Gasteiger partial charge < -0.3 is 33.5 Å². The number of nitrogens with zero attached hydrogens (tertiary/aromatic N) is 2. The SMILES string of the molecule is c1cc(Oc2cccc(N(CC3CO3)CC3CO3)c2)cc(N(CC2CO2)CC2CO2)c1. The standard InChI is InChI=1S/C24H28N2O5/c1-3-17(25(9-21-13-27-21)10-22-14-28-22)7-19(5-1)31-20-6-2-4-18(8-20)26(11-23-15-29-23)12-24-16-30-24/h1-8,21-24H,9-16H2. The molecule has 0 aliphatic carbocycles. The summed E-state index contributed by atoms with van der Waals surface area (Å²) in [5.41, 5.74) is 2.27. The summed E-state index contributed by atoms with van der Waals surface area (Å²) in [6.07, 6.45) is 1.32. The molecule has 4 unspecified atom stereocenters. The van der Waals surface area contributed by atoms with E-state index >= 15 is 0 Å². The van der Waals surface area contributed by atoms with E-state index in [1.54, 1.807) is 0 Å². The molecule has 4 heterocycles. The lowest BCUT2D eigenvalue weighted by molar-refractivity contribution is 0.388. The van der Waals surface area contributed by atoms with Crippen molar-refractivity contribution in [1.29, 1.82) is 0 Å². The lowest BCUT2D eigenvalue weighted by Crippen LogP contribution is -2.31. The zero-order valence-corrected chi connectivity index (χ0v) is 17.5. The van der Waals surface area contributed by atoms with Crippen molar-refractivity contribution in [3.05, 3.63) is 48.5 Å². The summed E-state index contributed by atoms with van der Waals surface area (Å²) in [6.45, 7) is 6.94. The van der Waals surface area contributed by atoms with Crippen LogP contribution in [0.2, 0.25) is 0 Å². The Bertz CT molecular complexity index is 807. The van der Waals surface area contributed by atoms with Gasteiger partial charge in [-0.1, -0.05) is 12.1 Å². The molecule has 7 nitrogen and oxygen atoms in total. The highest BCUT2D eigenvalue weighted by Crippen LogP contribution is 2.31. The zero-order valence-electron chi connectivity index (χ0n) is 17.5. The Kier molecular flexibility index (Phi) is 5.20. The average molecular weight is 424 g/mol. The number of rotatable bonds is 12. The molecule has 31 heavy (non-hydrogen) atoms. The molecule has 0 spiro atoms. The molecule has 0 saturated carbocycles. The fourth-order valence-corrected chi connectivity index (χ4v) is 3.87. The predicted molar refractivity (Wildman–Crippen MR) is 116 cm³/mol. The molecule has 0 N–H and O–H groups in total. The van der Waals surface area contributed by atoms with E-state index in [4.69, 9.17) is 23.7 Å². The van der Waals surface area contributed by atoms with Crippen LogP contribution in [0.4, 0.5) is 11.4 Å². The first-order valence-corrected chi connectivity index (χ1v) is 11.1. The maximum Gasteiger partial charge on any atom is 0.129 e. The van der Waals surface area contributed by atoms with E-state index in [1.165, 1.54) is 0 Å². The van der Waals surface area contributed by atoms with Crippen LogP contribution in [0, 0.1) is 0 Å². The number of epoxide rings is 4. The molecule has 4 aliphatic rings. The second kappa shape index (κ2) is 8.31. The third-order valence-corrected chi connectivity index (χ3v) is 5.91. The quantitative estimate of drug-likeness (QED) is 0.486. The molecule has 0 amide bonds. The topological polar surface area (TPSA) is 65.8 Å². The third-order valence-electron chi connectivity index (χ3n) is 5.91. The number of ether oxygens (including phenoxy) is 5. The van der Waals surface area contributed by atoms with Crippen molar-refractivity contribution in [1.82, 2.24) is 0 Å². The average Bonchev–Trinajstić information content (AvgIpc) is 3.62. The highest BCUT2D eigenvalue weighted by atomic mass is 16.6. The highest BCUT2D eigenvalue weighted by molar-refractivity contribution is 5.55. The summed E-state index contributed by atoms with van der Waals surface area (Å²) in [7, 11) is 0. The minimum Gasteiger partial charge on any atom is -0.457 e. The molecule has 4 saturated heterocycles. The number of benzene rings is 2. The molecule has 4 aliphatic heterocycles. The Labute approximate surface area is 182 Å². The predicted octanol–water partition coefficient (Wildman–Crippen LogP) is 2.69. The smallest absolute Gasteiger partial charge is 0.129 e. The van der Waals surface area contributed by atoms with Crippen molar-refractivity contribution in [3.8, 4) is 11.5 Å². The van der Waals surface area contributed by atoms with Gasteiger partial charge in [-0.15, -0.1) is 0 Å². The van der Waals surface area contributed by atoms with Crippen LogP contribution in [0.25, 0.3) is 0 Å². The molecular weight excluding hydrogens is 396 g/mol. The van der Waals surface area contributed by atoms with Gasteiger partial charge in [0.05, 0.1) is 50.8 Å². The summed E-state index contributed by atoms with van der Waals surface area (Å²) >= 11 is 0. The molecule has 0 radical (unpaired) electrons. The maximum absolute atomic E-state index is 6.26. The van der Waals surface area contributed by atoms with Crippen molar-refractivity contribution < 1.29 is 23.7 Å². The zero-order chi connectivity index (χ0) is 20.6. The van der Waals surface area contributed by atoms with E-state index < -0.39 is 0 Å². The van der Waals surface area contributed by atoms with Crippen LogP contribution in [0.3, 0.4) is 0 Å². The fraction of sp³-hybridized carbons (Fsp3) is 0.500. The Balaban J connectivity index is 1.17. The maximum atomic E-state index is 6.26. The molecule has 2 aromatic carbocycles. The van der Waals surface area contributed by atoms with Crippen molar-refractivity contribution >= 4 is 11.4 Å². The van der Waals surface area contributed by atoms with Gasteiger partial charge in [0.2, 0.25) is 0 Å². The second-order valence-electron chi connectivity index (χ2n) is 8.73. The molecule has 7 heteroatoms. The van der Waals surface area contributed by atoms with Crippen molar-refractivity contribution in [3.63, 3.8) is 0 Å². The molecule has 4 atom stereocenters. The van der Waals surface area contributed by atoms with E-state index in [0.29, 0.717) is 24.4 Å². The summed E-state index contributed by atoms with van der Waals surface area (Å²) in [5.74, 6) is 1.66. The summed E-state index contributed by atoms with van der Waals surface area (Å²) < 4.78 is 28.1. The minimum absolute atomic E-state index is 0.330. The largest absolute Gasteiger partial charge is 0.457 e. The van der Waals surface area contributed by atoms with Crippen LogP contribution in [-0.2, 0) is 18.9 Å². The number of hydrogen-bond donors (Lipinski definition) is 0. The van der Waals surface area contributed by atoms with Gasteiger partial charge in [-0.3, -0.25) is 0 Å². The van der Waals surface area contributed by atoms with Crippen LogP contribution in [-0.4, -0.2) is 77.0 Å². The van der Waals surface area contributed by atoms with Gasteiger partial charge in [0.15, 0.2) is 0 Å². The molecular formula is C24H28N2O5. The first kappa shape index (κ1) is 19.4. The molecule has 0 aromatic heterocycles. The van der Waals surface area contributed by atoms with E-state index in [1.807, 2.05) is 24.3 Å². The second-order valence-corrected chi connectivity index (χ2v) is 8.73. The van der Waals surface area contributed by atoms with E-state index in [0.717, 1.165) is 75.5 Å². The first-order valence-electron chi connectivity index (χ1n) is 11.1. The Morgan fingerprint density at radius 2 is 0.968 bits per heavy atom. The molecule has 0 bridgehead atoms. The number of hydrogen-bond acceptors (Lipinski definition) is 7. The molecule has 2 aromatic rings. The summed E-state index contributed by atoms with van der Waals surface area (Å²) in [5, 5.41) is 0. The van der Waals surface area contributed by atoms with E-state index in [9.17, 15) is 0 Å². The summed E-state index contributed by atoms with van der Waals surface area (Å²) in [6, 6.07) is 16.6. The van der Waals surface area contributed by atoms with Crippen molar-refractivity contribution in [2.24, 2.45) is 0 Å². The van der Waals surface area contributed by atoms with Gasteiger partial charge in [0.25, 0.3) is 0 Å². The van der Waals surface area contributed by atoms with Gasteiger partial charge in [-0.25, -0.2) is 0 Å². The van der Waals surface area contributed by atoms with Crippen LogP contribution in [0.1, 0.15) is 0 Å². The van der Waals surface area contributed by atoms with Gasteiger partial charge >= 0.3 is 0 Å². The molecule has 6 rings (SSSR count). The lowest BCUT2D eigenvalue weighted by Gasteiger charge is -2.24. The summed E-state index contributed by atoms with van der Waals surface area (Å²) in [4.78, 5) is 4.68. The van der Waals surface area contributed by atoms with Crippen molar-refractivity contribution in [2.45, 2.75) is 24.4 Å². The van der Waals surface area contributed by atoms with Crippen LogP contribution < -0.4 is 14.5 Å². The first-order chi connectivity index (χ1) is 15.3. The lowest BCUT2D eigenvalue weighted by atomic mass is 10.2.